The fourth-order valence-electron chi connectivity index (χ4n) is 3.04. The summed E-state index contributed by atoms with van der Waals surface area (Å²) in [6, 6.07) is 45.4. The topological polar surface area (TPSA) is 0 Å². The molecule has 26 heavy (non-hydrogen) atoms. The molecule has 0 amide bonds. The third kappa shape index (κ3) is 4.14. The maximum absolute atomic E-state index is 2.39. The van der Waals surface area contributed by atoms with Crippen LogP contribution in [0.3, 0.4) is 0 Å². The summed E-state index contributed by atoms with van der Waals surface area (Å²) in [4.78, 5) is 0. The van der Waals surface area contributed by atoms with Gasteiger partial charge in [-0.2, -0.15) is 0 Å². The Morgan fingerprint density at radius 3 is 0.654 bits per heavy atom. The molecule has 4 aromatic rings. The van der Waals surface area contributed by atoms with Crippen LogP contribution in [0.15, 0.2) is 121 Å². The van der Waals surface area contributed by atoms with Gasteiger partial charge in [0.05, 0.1) is 0 Å². The molecule has 0 aliphatic heterocycles. The molecule has 0 aromatic heterocycles. The Balaban J connectivity index is 1.93. The molecule has 0 bridgehead atoms. The molecular weight excluding hydrogens is 706 g/mol. The molecule has 0 saturated heterocycles. The fraction of sp³-hybridized carbons (Fsp3) is 0. The summed E-state index contributed by atoms with van der Waals surface area (Å²) in [6.07, 6.45) is 0. The van der Waals surface area contributed by atoms with Gasteiger partial charge in [-0.3, -0.25) is 0 Å². The van der Waals surface area contributed by atoms with E-state index < -0.39 is 33.9 Å². The Morgan fingerprint density at radius 2 is 0.462 bits per heavy atom. The van der Waals surface area contributed by atoms with Gasteiger partial charge in [0.2, 0.25) is 0 Å². The van der Waals surface area contributed by atoms with Crippen LogP contribution in [0.5, 0.6) is 0 Å². The SMILES string of the molecule is c1cc[c]([Bi]([c]2ccccc2)[Bi]([c]2ccccc2)[c]2ccccc2)cc1. The molecule has 0 heterocycles. The van der Waals surface area contributed by atoms with Gasteiger partial charge in [0.25, 0.3) is 0 Å². The zero-order valence-electron chi connectivity index (χ0n) is 14.4. The maximum atomic E-state index is 2.39. The van der Waals surface area contributed by atoms with Gasteiger partial charge in [-0.05, 0) is 0 Å². The molecular formula is C24H20Bi2. The number of benzene rings is 4. The van der Waals surface area contributed by atoms with E-state index in [1.54, 1.807) is 13.1 Å². The zero-order chi connectivity index (χ0) is 17.6. The van der Waals surface area contributed by atoms with Crippen LogP contribution < -0.4 is 13.1 Å². The van der Waals surface area contributed by atoms with Crippen LogP contribution in [0, 0.1) is 0 Å². The molecule has 0 aliphatic rings. The summed E-state index contributed by atoms with van der Waals surface area (Å²) in [5.74, 6) is 0. The Bertz CT molecular complexity index is 763. The van der Waals surface area contributed by atoms with Crippen LogP contribution >= 0.6 is 0 Å². The van der Waals surface area contributed by atoms with E-state index in [9.17, 15) is 0 Å². The van der Waals surface area contributed by atoms with Gasteiger partial charge >= 0.3 is 168 Å². The Kier molecular flexibility index (Phi) is 6.26. The average Bonchev–Trinajstić information content (AvgIpc) is 2.74. The molecule has 0 N–H and O–H groups in total. The molecule has 0 unspecified atom stereocenters. The van der Waals surface area contributed by atoms with Crippen LogP contribution in [0.2, 0.25) is 0 Å². The Labute approximate surface area is 166 Å². The predicted molar refractivity (Wildman–Crippen MR) is 116 cm³/mol. The van der Waals surface area contributed by atoms with Crippen LogP contribution in [0.4, 0.5) is 0 Å². The van der Waals surface area contributed by atoms with Crippen molar-refractivity contribution in [3.05, 3.63) is 121 Å². The third-order valence-electron chi connectivity index (χ3n) is 4.20. The minimum atomic E-state index is -2.15. The van der Waals surface area contributed by atoms with Crippen molar-refractivity contribution in [1.29, 1.82) is 0 Å². The second kappa shape index (κ2) is 9.03. The summed E-state index contributed by atoms with van der Waals surface area (Å²) in [5, 5.41) is 0. The van der Waals surface area contributed by atoms with E-state index in [4.69, 9.17) is 0 Å². The average molecular weight is 726 g/mol. The number of rotatable bonds is 5. The van der Waals surface area contributed by atoms with Gasteiger partial charge in [-0.1, -0.05) is 0 Å². The minimum absolute atomic E-state index is 1.64. The standard InChI is InChI=1S/4C6H5.2Bi/c4*1-2-4-6-5-3-1;;/h4*1-5H;;. The summed E-state index contributed by atoms with van der Waals surface area (Å²) < 4.78 is 6.55. The molecule has 4 aromatic carbocycles. The normalized spacial score (nSPS) is 11.0. The van der Waals surface area contributed by atoms with Crippen LogP contribution in [-0.2, 0) is 0 Å². The van der Waals surface area contributed by atoms with Gasteiger partial charge in [0, 0.05) is 0 Å². The molecule has 0 fully saturated rings. The second-order valence-electron chi connectivity index (χ2n) is 5.97. The first-order valence-corrected chi connectivity index (χ1v) is 30.9. The fourth-order valence-corrected chi connectivity index (χ4v) is 65.7. The molecule has 0 saturated carbocycles. The van der Waals surface area contributed by atoms with Crippen molar-refractivity contribution in [2.75, 3.05) is 0 Å². The van der Waals surface area contributed by atoms with Gasteiger partial charge < -0.3 is 0 Å². The van der Waals surface area contributed by atoms with Crippen molar-refractivity contribution in [2.24, 2.45) is 0 Å². The van der Waals surface area contributed by atoms with E-state index >= 15 is 0 Å². The molecule has 4 rings (SSSR count). The summed E-state index contributed by atoms with van der Waals surface area (Å²) in [6.45, 7) is 0. The van der Waals surface area contributed by atoms with E-state index in [0.717, 1.165) is 0 Å². The second-order valence-corrected chi connectivity index (χ2v) is 46.1. The van der Waals surface area contributed by atoms with E-state index in [-0.39, 0.29) is 0 Å². The Hall–Kier alpha value is -1.35. The zero-order valence-corrected chi connectivity index (χ0v) is 21.4. The van der Waals surface area contributed by atoms with Crippen LogP contribution in [0.1, 0.15) is 0 Å². The number of hydrogen-bond acceptors (Lipinski definition) is 0. The van der Waals surface area contributed by atoms with Crippen molar-refractivity contribution in [2.45, 2.75) is 0 Å². The van der Waals surface area contributed by atoms with Crippen molar-refractivity contribution >= 4 is 47.0 Å². The van der Waals surface area contributed by atoms with Crippen molar-refractivity contribution in [3.63, 3.8) is 0 Å². The van der Waals surface area contributed by atoms with E-state index in [2.05, 4.69) is 121 Å². The van der Waals surface area contributed by atoms with E-state index in [1.807, 2.05) is 0 Å². The number of hydrogen-bond donors (Lipinski definition) is 0. The first-order chi connectivity index (χ1) is 12.9. The Morgan fingerprint density at radius 1 is 0.269 bits per heavy atom. The third-order valence-corrected chi connectivity index (χ3v) is 63.2. The van der Waals surface area contributed by atoms with E-state index in [0.29, 0.717) is 0 Å². The van der Waals surface area contributed by atoms with Gasteiger partial charge in [0.1, 0.15) is 0 Å². The molecule has 126 valence electrons. The van der Waals surface area contributed by atoms with Crippen molar-refractivity contribution in [1.82, 2.24) is 0 Å². The summed E-state index contributed by atoms with van der Waals surface area (Å²) in [5.41, 5.74) is 0. The quantitative estimate of drug-likeness (QED) is 0.278. The first-order valence-electron chi connectivity index (χ1n) is 8.74. The summed E-state index contributed by atoms with van der Waals surface area (Å²) >= 11 is -4.30. The van der Waals surface area contributed by atoms with Gasteiger partial charge in [-0.25, -0.2) is 0 Å². The predicted octanol–water partition coefficient (Wildman–Crippen LogP) is 2.68. The molecule has 0 aliphatic carbocycles. The van der Waals surface area contributed by atoms with Crippen LogP contribution in [-0.4, -0.2) is 33.9 Å². The first kappa shape index (κ1) is 18.0. The summed E-state index contributed by atoms with van der Waals surface area (Å²) in [7, 11) is 0. The van der Waals surface area contributed by atoms with Crippen LogP contribution in [0.25, 0.3) is 0 Å². The molecule has 0 radical (unpaired) electrons. The monoisotopic (exact) mass is 726 g/mol. The van der Waals surface area contributed by atoms with Gasteiger partial charge in [0.15, 0.2) is 0 Å². The molecule has 0 spiro atoms. The molecule has 0 atom stereocenters. The molecule has 0 nitrogen and oxygen atoms in total. The molecule has 2 heteroatoms. The van der Waals surface area contributed by atoms with E-state index in [1.165, 1.54) is 0 Å². The van der Waals surface area contributed by atoms with Crippen molar-refractivity contribution in [3.8, 4) is 0 Å². The van der Waals surface area contributed by atoms with Crippen molar-refractivity contribution < 1.29 is 0 Å². The van der Waals surface area contributed by atoms with Gasteiger partial charge in [-0.15, -0.1) is 0 Å².